The second-order valence-electron chi connectivity index (χ2n) is 5.59. The van der Waals surface area contributed by atoms with Crippen LogP contribution in [0.4, 0.5) is 0 Å². The maximum absolute atomic E-state index is 11.7. The van der Waals surface area contributed by atoms with Crippen molar-refractivity contribution in [2.75, 3.05) is 13.3 Å². The molecule has 0 aliphatic carbocycles. The van der Waals surface area contributed by atoms with E-state index in [0.29, 0.717) is 17.1 Å². The van der Waals surface area contributed by atoms with E-state index in [9.17, 15) is 9.90 Å². The summed E-state index contributed by atoms with van der Waals surface area (Å²) in [5.41, 5.74) is 0.229. The lowest BCUT2D eigenvalue weighted by atomic mass is 9.95. The van der Waals surface area contributed by atoms with Gasteiger partial charge in [-0.05, 0) is 17.7 Å². The smallest absolute Gasteiger partial charge is 0.231 e. The third-order valence-electron chi connectivity index (χ3n) is 2.92. The number of amides is 1. The number of nitrogens with one attached hydrogen (secondary N) is 1. The Morgan fingerprint density at radius 1 is 1.37 bits per heavy atom. The van der Waals surface area contributed by atoms with Crippen molar-refractivity contribution in [3.8, 4) is 11.5 Å². The molecule has 0 radical (unpaired) electrons. The molecule has 2 N–H and O–H groups in total. The maximum atomic E-state index is 11.7. The van der Waals surface area contributed by atoms with Gasteiger partial charge in [-0.3, -0.25) is 4.79 Å². The molecule has 1 heterocycles. The first-order valence-corrected chi connectivity index (χ1v) is 6.24. The number of carbonyl (C=O) groups is 1. The molecule has 0 spiro atoms. The zero-order chi connectivity index (χ0) is 14.0. The molecule has 2 rings (SSSR count). The second kappa shape index (κ2) is 5.09. The van der Waals surface area contributed by atoms with Gasteiger partial charge in [0.2, 0.25) is 12.7 Å². The Morgan fingerprint density at radius 2 is 2.05 bits per heavy atom. The van der Waals surface area contributed by atoms with Crippen LogP contribution in [0.5, 0.6) is 11.5 Å². The van der Waals surface area contributed by atoms with E-state index in [2.05, 4.69) is 5.32 Å². The molecular formula is C14H19NO4. The molecular weight excluding hydrogens is 246 g/mol. The molecule has 1 aliphatic rings. The van der Waals surface area contributed by atoms with E-state index in [-0.39, 0.29) is 19.2 Å². The molecule has 1 aromatic rings. The summed E-state index contributed by atoms with van der Waals surface area (Å²) in [5.74, 6) is 1.21. The number of aliphatic hydroxyl groups excluding tert-OH is 1. The molecule has 104 valence electrons. The summed E-state index contributed by atoms with van der Waals surface area (Å²) in [6.45, 7) is 5.87. The van der Waals surface area contributed by atoms with Gasteiger partial charge in [-0.1, -0.05) is 26.8 Å². The zero-order valence-corrected chi connectivity index (χ0v) is 11.4. The monoisotopic (exact) mass is 265 g/mol. The van der Waals surface area contributed by atoms with Gasteiger partial charge < -0.3 is 19.9 Å². The number of fused-ring (bicyclic) bond motifs is 1. The fourth-order valence-corrected chi connectivity index (χ4v) is 1.69. The highest BCUT2D eigenvalue weighted by molar-refractivity contribution is 5.81. The molecule has 1 atom stereocenters. The minimum Gasteiger partial charge on any atom is -0.454 e. The lowest BCUT2D eigenvalue weighted by Gasteiger charge is -2.19. The molecule has 5 nitrogen and oxygen atoms in total. The fraction of sp³-hybridized carbons (Fsp3) is 0.500. The number of ether oxygens (including phenoxy) is 2. The maximum Gasteiger partial charge on any atom is 0.231 e. The van der Waals surface area contributed by atoms with Crippen LogP contribution in [0.1, 0.15) is 32.4 Å². The van der Waals surface area contributed by atoms with Crippen molar-refractivity contribution < 1.29 is 19.4 Å². The first-order valence-electron chi connectivity index (χ1n) is 6.24. The summed E-state index contributed by atoms with van der Waals surface area (Å²) in [6, 6.07) is 5.25. The molecule has 0 aromatic heterocycles. The van der Waals surface area contributed by atoms with E-state index in [4.69, 9.17) is 9.47 Å². The van der Waals surface area contributed by atoms with Gasteiger partial charge in [0.1, 0.15) is 0 Å². The molecule has 1 aromatic carbocycles. The van der Waals surface area contributed by atoms with E-state index < -0.39 is 11.5 Å². The highest BCUT2D eigenvalue weighted by Crippen LogP contribution is 2.34. The first kappa shape index (κ1) is 13.7. The predicted molar refractivity (Wildman–Crippen MR) is 70.0 cm³/mol. The minimum atomic E-state index is -0.763. The van der Waals surface area contributed by atoms with Gasteiger partial charge in [0.05, 0.1) is 6.10 Å². The van der Waals surface area contributed by atoms with Crippen molar-refractivity contribution in [3.05, 3.63) is 23.8 Å². The fourth-order valence-electron chi connectivity index (χ4n) is 1.69. The third kappa shape index (κ3) is 3.17. The van der Waals surface area contributed by atoms with E-state index in [1.165, 1.54) is 0 Å². The molecule has 0 bridgehead atoms. The Balaban J connectivity index is 1.97. The Kier molecular flexibility index (Phi) is 3.66. The Bertz CT molecular complexity index is 479. The van der Waals surface area contributed by atoms with E-state index in [1.807, 2.05) is 20.8 Å². The van der Waals surface area contributed by atoms with E-state index in [0.717, 1.165) is 0 Å². The van der Waals surface area contributed by atoms with Crippen LogP contribution in [0.15, 0.2) is 18.2 Å². The Hall–Kier alpha value is -1.75. The van der Waals surface area contributed by atoms with Gasteiger partial charge in [0.25, 0.3) is 0 Å². The molecule has 0 saturated heterocycles. The molecule has 5 heteroatoms. The largest absolute Gasteiger partial charge is 0.454 e. The minimum absolute atomic E-state index is 0.0905. The van der Waals surface area contributed by atoms with Crippen molar-refractivity contribution in [1.82, 2.24) is 5.32 Å². The van der Waals surface area contributed by atoms with Crippen LogP contribution in [0.25, 0.3) is 0 Å². The van der Waals surface area contributed by atoms with E-state index in [1.54, 1.807) is 18.2 Å². The Labute approximate surface area is 112 Å². The van der Waals surface area contributed by atoms with Gasteiger partial charge in [-0.2, -0.15) is 0 Å². The van der Waals surface area contributed by atoms with E-state index >= 15 is 0 Å². The first-order chi connectivity index (χ1) is 8.88. The SMILES string of the molecule is CC(C)(C)C(=O)NCC(O)c1ccc2c(c1)OCO2. The summed E-state index contributed by atoms with van der Waals surface area (Å²) < 4.78 is 10.5. The summed E-state index contributed by atoms with van der Waals surface area (Å²) >= 11 is 0. The molecule has 1 unspecified atom stereocenters. The van der Waals surface area contributed by atoms with Gasteiger partial charge in [-0.15, -0.1) is 0 Å². The third-order valence-corrected chi connectivity index (χ3v) is 2.92. The number of carbonyl (C=O) groups excluding carboxylic acids is 1. The molecule has 1 aliphatic heterocycles. The van der Waals surface area contributed by atoms with Gasteiger partial charge in [-0.25, -0.2) is 0 Å². The highest BCUT2D eigenvalue weighted by atomic mass is 16.7. The average molecular weight is 265 g/mol. The predicted octanol–water partition coefficient (Wildman–Crippen LogP) is 1.61. The van der Waals surface area contributed by atoms with Crippen LogP contribution in [0.3, 0.4) is 0 Å². The standard InChI is InChI=1S/C14H19NO4/c1-14(2,3)13(17)15-7-10(16)9-4-5-11-12(6-9)19-8-18-11/h4-6,10,16H,7-8H2,1-3H3,(H,15,17). The topological polar surface area (TPSA) is 67.8 Å². The van der Waals surface area contributed by atoms with Gasteiger partial charge in [0, 0.05) is 12.0 Å². The molecule has 0 fully saturated rings. The lowest BCUT2D eigenvalue weighted by molar-refractivity contribution is -0.128. The lowest BCUT2D eigenvalue weighted by Crippen LogP contribution is -2.37. The van der Waals surface area contributed by atoms with Crippen molar-refractivity contribution >= 4 is 5.91 Å². The highest BCUT2D eigenvalue weighted by Gasteiger charge is 2.22. The normalized spacial score (nSPS) is 15.2. The quantitative estimate of drug-likeness (QED) is 0.871. The average Bonchev–Trinajstić information content (AvgIpc) is 2.81. The number of hydrogen-bond acceptors (Lipinski definition) is 4. The zero-order valence-electron chi connectivity index (χ0n) is 11.4. The van der Waals surface area contributed by atoms with Crippen LogP contribution in [-0.2, 0) is 4.79 Å². The summed E-state index contributed by atoms with van der Waals surface area (Å²) in [5, 5.41) is 12.8. The van der Waals surface area contributed by atoms with Crippen LogP contribution in [-0.4, -0.2) is 24.4 Å². The summed E-state index contributed by atoms with van der Waals surface area (Å²) in [4.78, 5) is 11.7. The molecule has 1 amide bonds. The van der Waals surface area contributed by atoms with Crippen molar-refractivity contribution in [2.24, 2.45) is 5.41 Å². The van der Waals surface area contributed by atoms with Crippen LogP contribution in [0.2, 0.25) is 0 Å². The molecule has 19 heavy (non-hydrogen) atoms. The van der Waals surface area contributed by atoms with Crippen LogP contribution >= 0.6 is 0 Å². The van der Waals surface area contributed by atoms with Crippen LogP contribution < -0.4 is 14.8 Å². The Morgan fingerprint density at radius 3 is 2.74 bits per heavy atom. The summed E-state index contributed by atoms with van der Waals surface area (Å²) in [6.07, 6.45) is -0.763. The number of aliphatic hydroxyl groups is 1. The number of hydrogen-bond donors (Lipinski definition) is 2. The van der Waals surface area contributed by atoms with Crippen molar-refractivity contribution in [3.63, 3.8) is 0 Å². The second-order valence-corrected chi connectivity index (χ2v) is 5.59. The van der Waals surface area contributed by atoms with Crippen molar-refractivity contribution in [2.45, 2.75) is 26.9 Å². The van der Waals surface area contributed by atoms with Crippen LogP contribution in [0, 0.1) is 5.41 Å². The van der Waals surface area contributed by atoms with Gasteiger partial charge >= 0.3 is 0 Å². The van der Waals surface area contributed by atoms with Gasteiger partial charge in [0.15, 0.2) is 11.5 Å². The van der Waals surface area contributed by atoms with Crippen molar-refractivity contribution in [1.29, 1.82) is 0 Å². The number of benzene rings is 1. The molecule has 0 saturated carbocycles. The summed E-state index contributed by atoms with van der Waals surface area (Å²) in [7, 11) is 0. The number of rotatable bonds is 3.